The molecule has 1 atom stereocenters. The summed E-state index contributed by atoms with van der Waals surface area (Å²) in [5.41, 5.74) is 6.05. The Bertz CT molecular complexity index is 308. The van der Waals surface area contributed by atoms with Crippen LogP contribution in [0.15, 0.2) is 4.99 Å². The van der Waals surface area contributed by atoms with E-state index < -0.39 is 0 Å². The minimum atomic E-state index is 0.562. The van der Waals surface area contributed by atoms with E-state index in [4.69, 9.17) is 10.5 Å². The van der Waals surface area contributed by atoms with Crippen LogP contribution in [-0.2, 0) is 4.74 Å². The Morgan fingerprint density at radius 1 is 1.11 bits per heavy atom. The molecule has 4 aliphatic heterocycles. The third-order valence-corrected chi connectivity index (χ3v) is 4.19. The first-order chi connectivity index (χ1) is 8.83. The number of aliphatic imine (C=N–C) groups is 1. The molecule has 0 aromatic rings. The quantitative estimate of drug-likeness (QED) is 0.486. The number of piperazine rings is 3. The van der Waals surface area contributed by atoms with E-state index in [1.165, 1.54) is 26.2 Å². The molecule has 4 fully saturated rings. The number of fused-ring (bicyclic) bond motifs is 3. The second-order valence-corrected chi connectivity index (χ2v) is 5.29. The highest BCUT2D eigenvalue weighted by atomic mass is 16.5. The molecular formula is C12H23N5O. The standard InChI is InChI=1S/C12H23N5O/c13-12(17-5-7-18-8-6-17)14-9-11-10-15-1-3-16(11)4-2-15/h11H,1-10H2,(H2,13,14). The van der Waals surface area contributed by atoms with Gasteiger partial charge in [-0.2, -0.15) is 0 Å². The van der Waals surface area contributed by atoms with Gasteiger partial charge in [-0.15, -0.1) is 0 Å². The molecule has 0 saturated carbocycles. The summed E-state index contributed by atoms with van der Waals surface area (Å²) >= 11 is 0. The molecule has 2 N–H and O–H groups in total. The fourth-order valence-electron chi connectivity index (χ4n) is 2.99. The number of nitrogens with zero attached hydrogens (tertiary/aromatic N) is 4. The van der Waals surface area contributed by atoms with Gasteiger partial charge in [0.05, 0.1) is 19.8 Å². The Balaban J connectivity index is 1.53. The molecule has 4 aliphatic rings. The lowest BCUT2D eigenvalue weighted by molar-refractivity contribution is 0.0172. The molecule has 2 bridgehead atoms. The zero-order chi connectivity index (χ0) is 12.4. The van der Waals surface area contributed by atoms with Crippen molar-refractivity contribution in [2.45, 2.75) is 6.04 Å². The number of ether oxygens (including phenoxy) is 1. The molecular weight excluding hydrogens is 230 g/mol. The number of nitrogens with two attached hydrogens (primary N) is 1. The van der Waals surface area contributed by atoms with Crippen molar-refractivity contribution in [2.24, 2.45) is 10.7 Å². The highest BCUT2D eigenvalue weighted by Crippen LogP contribution is 2.15. The van der Waals surface area contributed by atoms with Gasteiger partial charge < -0.3 is 15.4 Å². The first-order valence-electron chi connectivity index (χ1n) is 6.92. The van der Waals surface area contributed by atoms with Crippen LogP contribution < -0.4 is 5.73 Å². The summed E-state index contributed by atoms with van der Waals surface area (Å²) in [5.74, 6) is 0.691. The van der Waals surface area contributed by atoms with Crippen LogP contribution >= 0.6 is 0 Å². The molecule has 0 aromatic heterocycles. The maximum Gasteiger partial charge on any atom is 0.191 e. The van der Waals surface area contributed by atoms with Crippen LogP contribution in [0.2, 0.25) is 0 Å². The zero-order valence-corrected chi connectivity index (χ0v) is 10.9. The van der Waals surface area contributed by atoms with Crippen molar-refractivity contribution < 1.29 is 4.74 Å². The van der Waals surface area contributed by atoms with Crippen LogP contribution in [-0.4, -0.2) is 92.3 Å². The first-order valence-corrected chi connectivity index (χ1v) is 6.92. The van der Waals surface area contributed by atoms with Gasteiger partial charge in [-0.1, -0.05) is 0 Å². The third kappa shape index (κ3) is 2.60. The fraction of sp³-hybridized carbons (Fsp3) is 0.917. The van der Waals surface area contributed by atoms with Gasteiger partial charge in [0.2, 0.25) is 0 Å². The number of hydrogen-bond donors (Lipinski definition) is 1. The summed E-state index contributed by atoms with van der Waals surface area (Å²) < 4.78 is 5.32. The minimum Gasteiger partial charge on any atom is -0.378 e. The minimum absolute atomic E-state index is 0.562. The summed E-state index contributed by atoms with van der Waals surface area (Å²) in [6.45, 7) is 10.1. The Labute approximate surface area is 108 Å². The van der Waals surface area contributed by atoms with Gasteiger partial charge in [0.1, 0.15) is 0 Å². The normalized spacial score (nSPS) is 37.0. The Morgan fingerprint density at radius 2 is 1.83 bits per heavy atom. The van der Waals surface area contributed by atoms with Crippen LogP contribution in [0, 0.1) is 0 Å². The Hall–Kier alpha value is -0.850. The van der Waals surface area contributed by atoms with Crippen molar-refractivity contribution in [3.05, 3.63) is 0 Å². The number of rotatable bonds is 2. The fourth-order valence-corrected chi connectivity index (χ4v) is 2.99. The monoisotopic (exact) mass is 253 g/mol. The molecule has 6 nitrogen and oxygen atoms in total. The summed E-state index contributed by atoms with van der Waals surface area (Å²) in [5, 5.41) is 0. The van der Waals surface area contributed by atoms with Crippen LogP contribution in [0.3, 0.4) is 0 Å². The topological polar surface area (TPSA) is 57.3 Å². The predicted octanol–water partition coefficient (Wildman–Crippen LogP) is -1.37. The number of morpholine rings is 1. The summed E-state index contributed by atoms with van der Waals surface area (Å²) in [6, 6.07) is 0.562. The van der Waals surface area contributed by atoms with E-state index in [0.717, 1.165) is 39.4 Å². The molecule has 0 radical (unpaired) electrons. The molecule has 18 heavy (non-hydrogen) atoms. The molecule has 0 aromatic carbocycles. The van der Waals surface area contributed by atoms with Crippen molar-refractivity contribution in [3.8, 4) is 0 Å². The van der Waals surface area contributed by atoms with E-state index in [1.807, 2.05) is 0 Å². The van der Waals surface area contributed by atoms with Crippen LogP contribution in [0.5, 0.6) is 0 Å². The molecule has 4 heterocycles. The lowest BCUT2D eigenvalue weighted by Gasteiger charge is -2.47. The van der Waals surface area contributed by atoms with Crippen molar-refractivity contribution >= 4 is 5.96 Å². The average molecular weight is 253 g/mol. The Kier molecular flexibility index (Phi) is 3.67. The van der Waals surface area contributed by atoms with Crippen molar-refractivity contribution in [3.63, 3.8) is 0 Å². The largest absolute Gasteiger partial charge is 0.378 e. The van der Waals surface area contributed by atoms with Crippen LogP contribution in [0.25, 0.3) is 0 Å². The van der Waals surface area contributed by atoms with E-state index in [0.29, 0.717) is 12.0 Å². The predicted molar refractivity (Wildman–Crippen MR) is 70.7 cm³/mol. The van der Waals surface area contributed by atoms with Crippen molar-refractivity contribution in [2.75, 3.05) is 65.6 Å². The van der Waals surface area contributed by atoms with Crippen molar-refractivity contribution in [1.29, 1.82) is 0 Å². The smallest absolute Gasteiger partial charge is 0.191 e. The van der Waals surface area contributed by atoms with E-state index in [-0.39, 0.29) is 0 Å². The lowest BCUT2D eigenvalue weighted by Crippen LogP contribution is -2.62. The van der Waals surface area contributed by atoms with E-state index in [9.17, 15) is 0 Å². The maximum absolute atomic E-state index is 6.05. The van der Waals surface area contributed by atoms with E-state index >= 15 is 0 Å². The maximum atomic E-state index is 6.05. The Morgan fingerprint density at radius 3 is 2.44 bits per heavy atom. The second-order valence-electron chi connectivity index (χ2n) is 5.29. The van der Waals surface area contributed by atoms with Gasteiger partial charge in [0.25, 0.3) is 0 Å². The summed E-state index contributed by atoms with van der Waals surface area (Å²) in [7, 11) is 0. The first kappa shape index (κ1) is 12.2. The highest BCUT2D eigenvalue weighted by Gasteiger charge is 2.31. The van der Waals surface area contributed by atoms with E-state index in [2.05, 4.69) is 19.7 Å². The molecule has 1 unspecified atom stereocenters. The molecule has 0 spiro atoms. The van der Waals surface area contributed by atoms with Gasteiger partial charge in [-0.25, -0.2) is 0 Å². The molecule has 0 amide bonds. The number of hydrogen-bond acceptors (Lipinski definition) is 4. The number of guanidine groups is 1. The highest BCUT2D eigenvalue weighted by molar-refractivity contribution is 5.78. The van der Waals surface area contributed by atoms with Gasteiger partial charge in [-0.3, -0.25) is 14.8 Å². The van der Waals surface area contributed by atoms with Crippen LogP contribution in [0.4, 0.5) is 0 Å². The van der Waals surface area contributed by atoms with Gasteiger partial charge in [0.15, 0.2) is 5.96 Å². The molecule has 6 heteroatoms. The average Bonchev–Trinajstić information content (AvgIpc) is 2.47. The van der Waals surface area contributed by atoms with Gasteiger partial charge in [-0.05, 0) is 0 Å². The summed E-state index contributed by atoms with van der Waals surface area (Å²) in [6.07, 6.45) is 0. The van der Waals surface area contributed by atoms with Crippen molar-refractivity contribution in [1.82, 2.24) is 14.7 Å². The van der Waals surface area contributed by atoms with Gasteiger partial charge in [0, 0.05) is 51.9 Å². The summed E-state index contributed by atoms with van der Waals surface area (Å²) in [4.78, 5) is 11.8. The third-order valence-electron chi connectivity index (χ3n) is 4.19. The lowest BCUT2D eigenvalue weighted by atomic mass is 10.1. The molecule has 102 valence electrons. The molecule has 4 saturated heterocycles. The van der Waals surface area contributed by atoms with Crippen LogP contribution in [0.1, 0.15) is 0 Å². The SMILES string of the molecule is NC(=NCC1CN2CCN1CC2)N1CCOCC1. The molecule has 0 aliphatic carbocycles. The zero-order valence-electron chi connectivity index (χ0n) is 10.9. The van der Waals surface area contributed by atoms with Gasteiger partial charge >= 0.3 is 0 Å². The second kappa shape index (κ2) is 5.42. The van der Waals surface area contributed by atoms with E-state index in [1.54, 1.807) is 0 Å². The molecule has 4 rings (SSSR count).